The van der Waals surface area contributed by atoms with Gasteiger partial charge in [-0.25, -0.2) is 0 Å². The molecule has 1 saturated carbocycles. The van der Waals surface area contributed by atoms with Crippen molar-refractivity contribution >= 4 is 0 Å². The summed E-state index contributed by atoms with van der Waals surface area (Å²) in [7, 11) is 0. The Morgan fingerprint density at radius 2 is 2.00 bits per heavy atom. The van der Waals surface area contributed by atoms with Crippen molar-refractivity contribution in [2.75, 3.05) is 13.2 Å². The third kappa shape index (κ3) is 3.75. The van der Waals surface area contributed by atoms with E-state index in [-0.39, 0.29) is 5.92 Å². The molecule has 1 aliphatic carbocycles. The van der Waals surface area contributed by atoms with Gasteiger partial charge in [0, 0.05) is 12.5 Å². The minimum atomic E-state index is 0.273. The van der Waals surface area contributed by atoms with Crippen LogP contribution in [0.2, 0.25) is 0 Å². The van der Waals surface area contributed by atoms with Crippen molar-refractivity contribution in [3.8, 4) is 6.07 Å². The van der Waals surface area contributed by atoms with Gasteiger partial charge in [-0.1, -0.05) is 0 Å². The minimum absolute atomic E-state index is 0.273. The molecule has 2 N–H and O–H groups in total. The molecule has 0 amide bonds. The van der Waals surface area contributed by atoms with Crippen LogP contribution in [-0.2, 0) is 4.74 Å². The van der Waals surface area contributed by atoms with E-state index in [0.29, 0.717) is 12.6 Å². The zero-order valence-electron chi connectivity index (χ0n) is 8.04. The van der Waals surface area contributed by atoms with Gasteiger partial charge < -0.3 is 10.5 Å². The molecule has 0 spiro atoms. The average Bonchev–Trinajstić information content (AvgIpc) is 2.19. The van der Waals surface area contributed by atoms with Crippen LogP contribution in [0.5, 0.6) is 0 Å². The molecule has 0 unspecified atom stereocenters. The van der Waals surface area contributed by atoms with Crippen LogP contribution in [0.25, 0.3) is 0 Å². The predicted molar refractivity (Wildman–Crippen MR) is 51.0 cm³/mol. The van der Waals surface area contributed by atoms with E-state index in [2.05, 4.69) is 6.07 Å². The van der Waals surface area contributed by atoms with Gasteiger partial charge in [0.25, 0.3) is 0 Å². The normalized spacial score (nSPS) is 28.3. The van der Waals surface area contributed by atoms with Crippen molar-refractivity contribution in [1.29, 1.82) is 5.26 Å². The Kier molecular flexibility index (Phi) is 4.81. The highest BCUT2D eigenvalue weighted by molar-refractivity contribution is 4.87. The Bertz CT molecular complexity index is 168. The number of ether oxygens (including phenoxy) is 1. The molecule has 0 radical (unpaired) electrons. The number of rotatable bonds is 4. The van der Waals surface area contributed by atoms with Crippen molar-refractivity contribution in [3.63, 3.8) is 0 Å². The lowest BCUT2D eigenvalue weighted by Gasteiger charge is -2.24. The molecule has 3 heteroatoms. The molecule has 0 saturated heterocycles. The predicted octanol–water partition coefficient (Wildman–Crippen LogP) is 1.43. The van der Waals surface area contributed by atoms with Gasteiger partial charge in [-0.3, -0.25) is 0 Å². The Balaban J connectivity index is 2.08. The first-order valence-electron chi connectivity index (χ1n) is 5.08. The van der Waals surface area contributed by atoms with Crippen LogP contribution in [0, 0.1) is 17.2 Å². The molecule has 0 aliphatic heterocycles. The summed E-state index contributed by atoms with van der Waals surface area (Å²) in [6, 6.07) is 2.32. The first-order valence-corrected chi connectivity index (χ1v) is 5.08. The molecular weight excluding hydrogens is 164 g/mol. The lowest BCUT2D eigenvalue weighted by Crippen LogP contribution is -2.22. The summed E-state index contributed by atoms with van der Waals surface area (Å²) in [6.07, 6.45) is 5.42. The summed E-state index contributed by atoms with van der Waals surface area (Å²) < 4.78 is 5.63. The highest BCUT2D eigenvalue weighted by Gasteiger charge is 2.20. The minimum Gasteiger partial charge on any atom is -0.378 e. The molecule has 13 heavy (non-hydrogen) atoms. The van der Waals surface area contributed by atoms with Gasteiger partial charge in [-0.2, -0.15) is 5.26 Å². The maximum absolute atomic E-state index is 8.68. The van der Waals surface area contributed by atoms with Crippen LogP contribution in [0.4, 0.5) is 0 Å². The molecule has 1 rings (SSSR count). The standard InChI is InChI=1S/C10H18N2O/c11-6-1-7-13-10-4-2-9(8-12)3-5-10/h9-10H,1-7,11H2. The van der Waals surface area contributed by atoms with E-state index in [1.54, 1.807) is 0 Å². The fourth-order valence-electron chi connectivity index (χ4n) is 1.69. The zero-order valence-corrected chi connectivity index (χ0v) is 8.04. The van der Waals surface area contributed by atoms with Gasteiger partial charge in [0.15, 0.2) is 0 Å². The van der Waals surface area contributed by atoms with Crippen molar-refractivity contribution in [3.05, 3.63) is 0 Å². The second-order valence-corrected chi connectivity index (χ2v) is 3.62. The Morgan fingerprint density at radius 3 is 2.54 bits per heavy atom. The molecule has 0 aromatic carbocycles. The van der Waals surface area contributed by atoms with Gasteiger partial charge >= 0.3 is 0 Å². The quantitative estimate of drug-likeness (QED) is 0.669. The first-order chi connectivity index (χ1) is 6.36. The molecule has 1 fully saturated rings. The second-order valence-electron chi connectivity index (χ2n) is 3.62. The number of hydrogen-bond acceptors (Lipinski definition) is 3. The van der Waals surface area contributed by atoms with E-state index in [1.165, 1.54) is 0 Å². The molecular formula is C10H18N2O. The van der Waals surface area contributed by atoms with Gasteiger partial charge in [-0.05, 0) is 38.6 Å². The van der Waals surface area contributed by atoms with Crippen molar-refractivity contribution in [1.82, 2.24) is 0 Å². The smallest absolute Gasteiger partial charge is 0.0655 e. The van der Waals surface area contributed by atoms with E-state index in [9.17, 15) is 0 Å². The highest BCUT2D eigenvalue weighted by Crippen LogP contribution is 2.25. The monoisotopic (exact) mass is 182 g/mol. The van der Waals surface area contributed by atoms with Crippen molar-refractivity contribution < 1.29 is 4.74 Å². The SMILES string of the molecule is N#CC1CCC(OCCCN)CC1. The zero-order chi connectivity index (χ0) is 9.52. The fraction of sp³-hybridized carbons (Fsp3) is 0.900. The highest BCUT2D eigenvalue weighted by atomic mass is 16.5. The fourth-order valence-corrected chi connectivity index (χ4v) is 1.69. The second kappa shape index (κ2) is 5.95. The van der Waals surface area contributed by atoms with E-state index in [4.69, 9.17) is 15.7 Å². The summed E-state index contributed by atoms with van der Waals surface area (Å²) in [5.41, 5.74) is 5.36. The number of nitrogens with two attached hydrogens (primary N) is 1. The molecule has 3 nitrogen and oxygen atoms in total. The number of nitriles is 1. The topological polar surface area (TPSA) is 59.0 Å². The molecule has 0 aromatic rings. The summed E-state index contributed by atoms with van der Waals surface area (Å²) in [5.74, 6) is 0.273. The summed E-state index contributed by atoms with van der Waals surface area (Å²) in [5, 5.41) is 8.68. The van der Waals surface area contributed by atoms with Crippen molar-refractivity contribution in [2.24, 2.45) is 11.7 Å². The average molecular weight is 182 g/mol. The molecule has 0 aromatic heterocycles. The third-order valence-corrected chi connectivity index (χ3v) is 2.56. The number of nitrogens with zero attached hydrogens (tertiary/aromatic N) is 1. The molecule has 0 atom stereocenters. The van der Waals surface area contributed by atoms with E-state index >= 15 is 0 Å². The Labute approximate surface area is 79.9 Å². The lowest BCUT2D eigenvalue weighted by molar-refractivity contribution is 0.0225. The van der Waals surface area contributed by atoms with E-state index < -0.39 is 0 Å². The van der Waals surface area contributed by atoms with Crippen molar-refractivity contribution in [2.45, 2.75) is 38.2 Å². The summed E-state index contributed by atoms with van der Waals surface area (Å²) >= 11 is 0. The molecule has 0 bridgehead atoms. The number of hydrogen-bond donors (Lipinski definition) is 1. The largest absolute Gasteiger partial charge is 0.378 e. The van der Waals surface area contributed by atoms with Crippen LogP contribution < -0.4 is 5.73 Å². The summed E-state index contributed by atoms with van der Waals surface area (Å²) in [6.45, 7) is 1.48. The Hall–Kier alpha value is -0.590. The maximum Gasteiger partial charge on any atom is 0.0655 e. The van der Waals surface area contributed by atoms with Crippen LogP contribution >= 0.6 is 0 Å². The lowest BCUT2D eigenvalue weighted by atomic mass is 9.88. The van der Waals surface area contributed by atoms with Gasteiger partial charge in [0.2, 0.25) is 0 Å². The van der Waals surface area contributed by atoms with Gasteiger partial charge in [-0.15, -0.1) is 0 Å². The van der Waals surface area contributed by atoms with E-state index in [0.717, 1.165) is 38.7 Å². The van der Waals surface area contributed by atoms with Crippen LogP contribution in [0.15, 0.2) is 0 Å². The van der Waals surface area contributed by atoms with Gasteiger partial charge in [0.1, 0.15) is 0 Å². The van der Waals surface area contributed by atoms with Crippen LogP contribution in [-0.4, -0.2) is 19.3 Å². The first kappa shape index (κ1) is 10.5. The maximum atomic E-state index is 8.68. The molecule has 1 aliphatic rings. The summed E-state index contributed by atoms with van der Waals surface area (Å²) in [4.78, 5) is 0. The van der Waals surface area contributed by atoms with Gasteiger partial charge in [0.05, 0.1) is 12.2 Å². The third-order valence-electron chi connectivity index (χ3n) is 2.56. The Morgan fingerprint density at radius 1 is 1.31 bits per heavy atom. The van der Waals surface area contributed by atoms with E-state index in [1.807, 2.05) is 0 Å². The molecule has 74 valence electrons. The van der Waals surface area contributed by atoms with Crippen LogP contribution in [0.1, 0.15) is 32.1 Å². The van der Waals surface area contributed by atoms with Crippen LogP contribution in [0.3, 0.4) is 0 Å². The molecule has 0 heterocycles.